The Balaban J connectivity index is 2.14. The van der Waals surface area contributed by atoms with Gasteiger partial charge in [0.05, 0.1) is 18.3 Å². The molecular formula is C8H9N5OS. The van der Waals surface area contributed by atoms with Crippen LogP contribution >= 0.6 is 11.3 Å². The Morgan fingerprint density at radius 3 is 3.00 bits per heavy atom. The summed E-state index contributed by atoms with van der Waals surface area (Å²) in [7, 11) is 1.68. The molecule has 0 aromatic carbocycles. The number of nitrogens with zero attached hydrogens (tertiary/aromatic N) is 4. The average molecular weight is 223 g/mol. The molecule has 0 fully saturated rings. The Labute approximate surface area is 89.7 Å². The van der Waals surface area contributed by atoms with Crippen LogP contribution in [0.5, 0.6) is 0 Å². The largest absolute Gasteiger partial charge is 0.375 e. The van der Waals surface area contributed by atoms with Gasteiger partial charge in [-0.2, -0.15) is 0 Å². The summed E-state index contributed by atoms with van der Waals surface area (Å²) >= 11 is 1.32. The van der Waals surface area contributed by atoms with Crippen LogP contribution in [-0.4, -0.2) is 25.8 Å². The quantitative estimate of drug-likeness (QED) is 0.755. The Morgan fingerprint density at radius 1 is 1.67 bits per heavy atom. The molecule has 0 atom stereocenters. The van der Waals surface area contributed by atoms with E-state index in [0.717, 1.165) is 0 Å². The lowest BCUT2D eigenvalue weighted by Gasteiger charge is -1.96. The van der Waals surface area contributed by atoms with Gasteiger partial charge in [0, 0.05) is 12.4 Å². The summed E-state index contributed by atoms with van der Waals surface area (Å²) in [6.07, 6.45) is 1.67. The zero-order valence-electron chi connectivity index (χ0n) is 8.04. The Kier molecular flexibility index (Phi) is 2.46. The van der Waals surface area contributed by atoms with Crippen molar-refractivity contribution >= 4 is 22.3 Å². The third kappa shape index (κ3) is 2.01. The predicted octanol–water partition coefficient (Wildman–Crippen LogP) is 0.279. The van der Waals surface area contributed by atoms with E-state index in [1.807, 2.05) is 0 Å². The SMILES string of the molecule is Cn1nncc1C(=O)Cc1csc(N)n1. The minimum Gasteiger partial charge on any atom is -0.375 e. The van der Waals surface area contributed by atoms with E-state index in [0.29, 0.717) is 16.5 Å². The van der Waals surface area contributed by atoms with Crippen LogP contribution in [0.2, 0.25) is 0 Å². The van der Waals surface area contributed by atoms with E-state index in [1.54, 1.807) is 12.4 Å². The zero-order chi connectivity index (χ0) is 10.8. The van der Waals surface area contributed by atoms with Gasteiger partial charge in [0.25, 0.3) is 0 Å². The van der Waals surface area contributed by atoms with E-state index in [1.165, 1.54) is 22.2 Å². The van der Waals surface area contributed by atoms with Crippen LogP contribution in [0.25, 0.3) is 0 Å². The summed E-state index contributed by atoms with van der Waals surface area (Å²) in [5.74, 6) is -0.0622. The van der Waals surface area contributed by atoms with Crippen LogP contribution in [0.4, 0.5) is 5.13 Å². The summed E-state index contributed by atoms with van der Waals surface area (Å²) in [6.45, 7) is 0. The minimum atomic E-state index is -0.0622. The first-order valence-corrected chi connectivity index (χ1v) is 5.12. The maximum atomic E-state index is 11.7. The summed E-state index contributed by atoms with van der Waals surface area (Å²) in [6, 6.07) is 0. The number of ketones is 1. The second-order valence-corrected chi connectivity index (χ2v) is 3.91. The van der Waals surface area contributed by atoms with Crippen molar-refractivity contribution in [1.82, 2.24) is 20.0 Å². The van der Waals surface area contributed by atoms with Gasteiger partial charge < -0.3 is 5.73 Å². The average Bonchev–Trinajstić information content (AvgIpc) is 2.75. The molecule has 2 heterocycles. The smallest absolute Gasteiger partial charge is 0.188 e. The van der Waals surface area contributed by atoms with Crippen molar-refractivity contribution in [1.29, 1.82) is 0 Å². The summed E-state index contributed by atoms with van der Waals surface area (Å²) < 4.78 is 1.44. The molecule has 0 saturated heterocycles. The molecule has 0 unspecified atom stereocenters. The molecule has 7 heteroatoms. The van der Waals surface area contributed by atoms with E-state index in [2.05, 4.69) is 15.3 Å². The number of hydrogen-bond donors (Lipinski definition) is 1. The summed E-state index contributed by atoms with van der Waals surface area (Å²) in [4.78, 5) is 15.7. The third-order valence-corrected chi connectivity index (χ3v) is 2.63. The number of carbonyl (C=O) groups is 1. The molecule has 15 heavy (non-hydrogen) atoms. The first kappa shape index (κ1) is 9.78. The Morgan fingerprint density at radius 2 is 2.47 bits per heavy atom. The number of nitrogen functional groups attached to an aromatic ring is 1. The molecule has 0 amide bonds. The molecule has 2 aromatic rings. The number of hydrogen-bond acceptors (Lipinski definition) is 6. The van der Waals surface area contributed by atoms with Gasteiger partial charge in [-0.05, 0) is 0 Å². The molecule has 78 valence electrons. The molecule has 0 aliphatic rings. The molecular weight excluding hydrogens is 214 g/mol. The van der Waals surface area contributed by atoms with Crippen LogP contribution in [0.1, 0.15) is 16.2 Å². The molecule has 0 spiro atoms. The fourth-order valence-electron chi connectivity index (χ4n) is 1.20. The highest BCUT2D eigenvalue weighted by Crippen LogP contribution is 2.13. The molecule has 0 radical (unpaired) electrons. The lowest BCUT2D eigenvalue weighted by atomic mass is 10.2. The second-order valence-electron chi connectivity index (χ2n) is 3.02. The molecule has 0 bridgehead atoms. The molecule has 2 aromatic heterocycles. The van der Waals surface area contributed by atoms with Crippen molar-refractivity contribution in [3.05, 3.63) is 23.0 Å². The summed E-state index contributed by atoms with van der Waals surface area (Å²) in [5, 5.41) is 9.58. The highest BCUT2D eigenvalue weighted by Gasteiger charge is 2.13. The number of rotatable bonds is 3. The van der Waals surface area contributed by atoms with Crippen molar-refractivity contribution in [3.8, 4) is 0 Å². The lowest BCUT2D eigenvalue weighted by molar-refractivity contribution is 0.0983. The third-order valence-electron chi connectivity index (χ3n) is 1.91. The van der Waals surface area contributed by atoms with Gasteiger partial charge in [-0.25, -0.2) is 9.67 Å². The van der Waals surface area contributed by atoms with E-state index in [9.17, 15) is 4.79 Å². The Hall–Kier alpha value is -1.76. The zero-order valence-corrected chi connectivity index (χ0v) is 8.86. The van der Waals surface area contributed by atoms with Gasteiger partial charge in [0.1, 0.15) is 5.69 Å². The monoisotopic (exact) mass is 223 g/mol. The number of thiazole rings is 1. The van der Waals surface area contributed by atoms with E-state index in [-0.39, 0.29) is 12.2 Å². The van der Waals surface area contributed by atoms with Gasteiger partial charge in [0.2, 0.25) is 0 Å². The number of aromatic nitrogens is 4. The molecule has 2 N–H and O–H groups in total. The Bertz CT molecular complexity index is 489. The highest BCUT2D eigenvalue weighted by atomic mass is 32.1. The second kappa shape index (κ2) is 3.77. The number of Topliss-reactive ketones (excluding diaryl/α,β-unsaturated/α-hetero) is 1. The van der Waals surface area contributed by atoms with E-state index in [4.69, 9.17) is 5.73 Å². The molecule has 6 nitrogen and oxygen atoms in total. The normalized spacial score (nSPS) is 10.5. The van der Waals surface area contributed by atoms with Crippen LogP contribution in [0.3, 0.4) is 0 Å². The first-order chi connectivity index (χ1) is 7.16. The lowest BCUT2D eigenvalue weighted by Crippen LogP contribution is -2.09. The van der Waals surface area contributed by atoms with Gasteiger partial charge >= 0.3 is 0 Å². The van der Waals surface area contributed by atoms with Crippen LogP contribution < -0.4 is 5.73 Å². The molecule has 0 aliphatic carbocycles. The van der Waals surface area contributed by atoms with E-state index >= 15 is 0 Å². The molecule has 2 rings (SSSR count). The van der Waals surface area contributed by atoms with Crippen molar-refractivity contribution in [2.24, 2.45) is 7.05 Å². The van der Waals surface area contributed by atoms with Crippen molar-refractivity contribution in [2.75, 3.05) is 5.73 Å². The fraction of sp³-hybridized carbons (Fsp3) is 0.250. The predicted molar refractivity (Wildman–Crippen MR) is 55.6 cm³/mol. The number of nitrogens with two attached hydrogens (primary N) is 1. The van der Waals surface area contributed by atoms with E-state index < -0.39 is 0 Å². The first-order valence-electron chi connectivity index (χ1n) is 4.24. The minimum absolute atomic E-state index is 0.0622. The van der Waals surface area contributed by atoms with Gasteiger partial charge in [-0.1, -0.05) is 5.21 Å². The molecule has 0 saturated carbocycles. The number of anilines is 1. The molecule has 0 aliphatic heterocycles. The maximum Gasteiger partial charge on any atom is 0.188 e. The van der Waals surface area contributed by atoms with Gasteiger partial charge in [-0.3, -0.25) is 4.79 Å². The standard InChI is InChI=1S/C8H9N5OS/c1-13-6(3-10-12-13)7(14)2-5-4-15-8(9)11-5/h3-4H,2H2,1H3,(H2,9,11). The van der Waals surface area contributed by atoms with Gasteiger partial charge in [0.15, 0.2) is 10.9 Å². The number of carbonyl (C=O) groups excluding carboxylic acids is 1. The van der Waals surface area contributed by atoms with Crippen molar-refractivity contribution < 1.29 is 4.79 Å². The number of aryl methyl sites for hydroxylation is 1. The topological polar surface area (TPSA) is 86.7 Å². The summed E-state index contributed by atoms with van der Waals surface area (Å²) in [5.41, 5.74) is 6.63. The fourth-order valence-corrected chi connectivity index (χ4v) is 1.76. The van der Waals surface area contributed by atoms with Gasteiger partial charge in [-0.15, -0.1) is 16.4 Å². The van der Waals surface area contributed by atoms with Crippen molar-refractivity contribution in [3.63, 3.8) is 0 Å². The maximum absolute atomic E-state index is 11.7. The van der Waals surface area contributed by atoms with Crippen molar-refractivity contribution in [2.45, 2.75) is 6.42 Å². The highest BCUT2D eigenvalue weighted by molar-refractivity contribution is 7.13. The van der Waals surface area contributed by atoms with Crippen LogP contribution in [0, 0.1) is 0 Å². The van der Waals surface area contributed by atoms with Crippen LogP contribution in [-0.2, 0) is 13.5 Å². The van der Waals surface area contributed by atoms with Crippen LogP contribution in [0.15, 0.2) is 11.6 Å².